The maximum absolute atomic E-state index is 10.8. The molecule has 0 amide bonds. The minimum Gasteiger partial charge on any atom is -0.550 e. The van der Waals surface area contributed by atoms with E-state index in [0.717, 1.165) is 25.7 Å². The van der Waals surface area contributed by atoms with Crippen molar-refractivity contribution in [3.8, 4) is 0 Å². The SMILES string of the molecule is CCCC(CC(=O)[O-])(OC(C)C)OC(C)C.CCCC(CC(=O)[O-])(OC(C)C)OC(C)C.CCCC(CC(=O)[O-])(OC(C)C)OC(C)C.CCCC(CC(=O)[O-])(OC(C)C)OC(C)C.[Ti+4]. The number of ether oxygens (including phenoxy) is 8. The number of carbonyl (C=O) groups is 4. The van der Waals surface area contributed by atoms with Gasteiger partial charge in [0.1, 0.15) is 0 Å². The summed E-state index contributed by atoms with van der Waals surface area (Å²) in [5, 5.41) is 43.1. The Labute approximate surface area is 409 Å². The number of hydrogen-bond donors (Lipinski definition) is 0. The Morgan fingerprint density at radius 3 is 0.477 bits per heavy atom. The number of rotatable bonds is 32. The first-order valence-corrected chi connectivity index (χ1v) is 23.5. The van der Waals surface area contributed by atoms with E-state index in [9.17, 15) is 39.6 Å². The van der Waals surface area contributed by atoms with E-state index >= 15 is 0 Å². The fourth-order valence-corrected chi connectivity index (χ4v) is 7.11. The van der Waals surface area contributed by atoms with Crippen LogP contribution in [0.4, 0.5) is 0 Å². The zero-order valence-corrected chi connectivity index (χ0v) is 45.7. The fourth-order valence-electron chi connectivity index (χ4n) is 7.11. The van der Waals surface area contributed by atoms with Gasteiger partial charge in [0.15, 0.2) is 23.1 Å². The first kappa shape index (κ1) is 72.3. The Balaban J connectivity index is -0.000000245. The Kier molecular flexibility index (Phi) is 42.4. The fraction of sp³-hybridized carbons (Fsp3) is 0.917. The Morgan fingerprint density at radius 2 is 0.415 bits per heavy atom. The van der Waals surface area contributed by atoms with Gasteiger partial charge in [0, 0.05) is 75.2 Å². The van der Waals surface area contributed by atoms with Crippen molar-refractivity contribution in [2.24, 2.45) is 0 Å². The van der Waals surface area contributed by atoms with Gasteiger partial charge in [0.05, 0.1) is 48.8 Å². The summed E-state index contributed by atoms with van der Waals surface area (Å²) in [7, 11) is 0. The first-order chi connectivity index (χ1) is 29.2. The van der Waals surface area contributed by atoms with Gasteiger partial charge in [0.2, 0.25) is 0 Å². The second-order valence-electron chi connectivity index (χ2n) is 18.2. The van der Waals surface area contributed by atoms with Gasteiger partial charge in [-0.05, 0) is 111 Å². The molecule has 0 atom stereocenters. The predicted molar refractivity (Wildman–Crippen MR) is 239 cm³/mol. The summed E-state index contributed by atoms with van der Waals surface area (Å²) in [6.45, 7) is 37.7. The minimum absolute atomic E-state index is 0. The van der Waals surface area contributed by atoms with Crippen LogP contribution in [0.1, 0.15) is 216 Å². The van der Waals surface area contributed by atoms with Gasteiger partial charge in [-0.25, -0.2) is 0 Å². The molecular formula is C48H92O16Ti. The molecule has 0 aliphatic carbocycles. The molecule has 0 saturated carbocycles. The maximum Gasteiger partial charge on any atom is 4.00 e. The standard InChI is InChI=1S/4C12H24O4.Ti/c4*1-6-7-12(8-11(13)14,15-9(2)3)16-10(4)5;/h4*9-10H,6-8H2,1-5H3,(H,13,14);/q;;;;+4/p-4. The van der Waals surface area contributed by atoms with Gasteiger partial charge in [0.25, 0.3) is 0 Å². The second kappa shape index (κ2) is 38.2. The molecule has 0 heterocycles. The van der Waals surface area contributed by atoms with Crippen molar-refractivity contribution in [2.45, 2.75) is 288 Å². The van der Waals surface area contributed by atoms with E-state index in [-0.39, 0.29) is 96.2 Å². The molecular weight excluding hydrogens is 880 g/mol. The number of aliphatic carboxylic acids is 4. The topological polar surface area (TPSA) is 234 Å². The Bertz CT molecular complexity index is 996. The van der Waals surface area contributed by atoms with Crippen LogP contribution in [0.15, 0.2) is 0 Å². The van der Waals surface area contributed by atoms with Crippen LogP contribution in [-0.2, 0) is 78.8 Å². The molecule has 0 aliphatic rings. The van der Waals surface area contributed by atoms with Crippen molar-refractivity contribution >= 4 is 23.9 Å². The van der Waals surface area contributed by atoms with E-state index in [1.807, 2.05) is 138 Å². The summed E-state index contributed by atoms with van der Waals surface area (Å²) in [6.07, 6.45) is 3.87. The first-order valence-electron chi connectivity index (χ1n) is 23.5. The molecule has 0 spiro atoms. The average Bonchev–Trinajstić information content (AvgIpc) is 3.01. The van der Waals surface area contributed by atoms with E-state index in [2.05, 4.69) is 0 Å². The molecule has 0 aromatic carbocycles. The molecule has 17 heteroatoms. The number of carbonyl (C=O) groups excluding carboxylic acids is 4. The van der Waals surface area contributed by atoms with Crippen LogP contribution in [0.2, 0.25) is 0 Å². The third-order valence-corrected chi connectivity index (χ3v) is 7.78. The molecule has 0 radical (unpaired) electrons. The zero-order chi connectivity index (χ0) is 51.1. The van der Waals surface area contributed by atoms with Gasteiger partial charge in [-0.15, -0.1) is 0 Å². The third-order valence-electron chi connectivity index (χ3n) is 7.78. The van der Waals surface area contributed by atoms with E-state index in [4.69, 9.17) is 37.9 Å². The van der Waals surface area contributed by atoms with Crippen LogP contribution in [0.25, 0.3) is 0 Å². The van der Waals surface area contributed by atoms with Crippen LogP contribution in [0.3, 0.4) is 0 Å². The molecule has 0 aromatic heterocycles. The minimum atomic E-state index is -1.14. The van der Waals surface area contributed by atoms with E-state index in [1.54, 1.807) is 0 Å². The van der Waals surface area contributed by atoms with Crippen LogP contribution in [-0.4, -0.2) is 95.9 Å². The number of carboxylic acid groups (broad SMARTS) is 4. The molecule has 0 saturated heterocycles. The van der Waals surface area contributed by atoms with Crippen molar-refractivity contribution in [3.63, 3.8) is 0 Å². The third kappa shape index (κ3) is 41.0. The molecule has 0 fully saturated rings. The average molecular weight is 973 g/mol. The second-order valence-corrected chi connectivity index (χ2v) is 18.2. The Morgan fingerprint density at radius 1 is 0.308 bits per heavy atom. The van der Waals surface area contributed by atoms with E-state index < -0.39 is 47.0 Å². The maximum atomic E-state index is 10.8. The van der Waals surface area contributed by atoms with Gasteiger partial charge < -0.3 is 77.5 Å². The van der Waals surface area contributed by atoms with Crippen molar-refractivity contribution in [1.82, 2.24) is 0 Å². The summed E-state index contributed by atoms with van der Waals surface area (Å²) >= 11 is 0. The van der Waals surface area contributed by atoms with Crippen LogP contribution >= 0.6 is 0 Å². The largest absolute Gasteiger partial charge is 4.00 e. The van der Waals surface area contributed by atoms with Crippen LogP contribution in [0.5, 0.6) is 0 Å². The summed E-state index contributed by atoms with van der Waals surface area (Å²) in [4.78, 5) is 43.1. The smallest absolute Gasteiger partial charge is 0.550 e. The van der Waals surface area contributed by atoms with E-state index in [1.165, 1.54) is 0 Å². The van der Waals surface area contributed by atoms with Gasteiger partial charge in [-0.1, -0.05) is 53.4 Å². The molecule has 65 heavy (non-hydrogen) atoms. The molecule has 0 bridgehead atoms. The quantitative estimate of drug-likeness (QED) is 0.0565. The molecule has 0 N–H and O–H groups in total. The number of hydrogen-bond acceptors (Lipinski definition) is 16. The zero-order valence-electron chi connectivity index (χ0n) is 44.1. The van der Waals surface area contributed by atoms with Crippen LogP contribution in [0, 0.1) is 0 Å². The number of carboxylic acids is 4. The summed E-state index contributed by atoms with van der Waals surface area (Å²) < 4.78 is 45.3. The molecule has 0 aliphatic heterocycles. The molecule has 16 nitrogen and oxygen atoms in total. The van der Waals surface area contributed by atoms with Gasteiger partial charge in [-0.2, -0.15) is 0 Å². The van der Waals surface area contributed by atoms with Crippen molar-refractivity contribution < 1.29 is 99.2 Å². The summed E-state index contributed by atoms with van der Waals surface area (Å²) in [5.41, 5.74) is 0. The van der Waals surface area contributed by atoms with Crippen molar-refractivity contribution in [3.05, 3.63) is 0 Å². The van der Waals surface area contributed by atoms with Gasteiger partial charge >= 0.3 is 21.7 Å². The molecule has 0 unspecified atom stereocenters. The normalized spacial score (nSPS) is 12.2. The van der Waals surface area contributed by atoms with Crippen molar-refractivity contribution in [1.29, 1.82) is 0 Å². The predicted octanol–water partition coefficient (Wildman–Crippen LogP) is 5.89. The Hall–Kier alpha value is -1.73. The van der Waals surface area contributed by atoms with E-state index in [0.29, 0.717) is 25.7 Å². The van der Waals surface area contributed by atoms with Crippen molar-refractivity contribution in [2.75, 3.05) is 0 Å². The monoisotopic (exact) mass is 973 g/mol. The molecule has 0 rings (SSSR count). The molecule has 0 aromatic rings. The summed E-state index contributed by atoms with van der Waals surface area (Å²) in [5.74, 6) is -8.76. The summed E-state index contributed by atoms with van der Waals surface area (Å²) in [6, 6.07) is 0. The van der Waals surface area contributed by atoms with Gasteiger partial charge in [-0.3, -0.25) is 0 Å². The molecule has 384 valence electrons. The van der Waals surface area contributed by atoms with Crippen LogP contribution < -0.4 is 20.4 Å².